The summed E-state index contributed by atoms with van der Waals surface area (Å²) in [5.74, 6) is -0.886. The van der Waals surface area contributed by atoms with Crippen LogP contribution in [0.1, 0.15) is 20.7 Å². The molecule has 0 spiro atoms. The lowest BCUT2D eigenvalue weighted by molar-refractivity contribution is 0.105. The molecule has 0 amide bonds. The zero-order chi connectivity index (χ0) is 25.1. The van der Waals surface area contributed by atoms with Gasteiger partial charge in [-0.3, -0.25) is 9.59 Å². The molecule has 0 atom stereocenters. The third-order valence-electron chi connectivity index (χ3n) is 5.43. The number of nitrogens with zero attached hydrogens (tertiary/aromatic N) is 4. The minimum atomic E-state index is -0.400. The van der Waals surface area contributed by atoms with Crippen molar-refractivity contribution in [3.8, 4) is 0 Å². The van der Waals surface area contributed by atoms with Crippen LogP contribution < -0.4 is 10.0 Å². The van der Waals surface area contributed by atoms with Crippen LogP contribution in [-0.2, 0) is 0 Å². The SMILES string of the molecule is O=C(C1=NN(c2ccccc2Cl)C(C(=O)c2ccccc2)=NN1c1ccccc1Cl)c1ccccc1. The molecule has 0 saturated carbocycles. The highest BCUT2D eigenvalue weighted by atomic mass is 35.5. The number of rotatable bonds is 6. The van der Waals surface area contributed by atoms with Crippen molar-refractivity contribution in [3.63, 3.8) is 0 Å². The van der Waals surface area contributed by atoms with Gasteiger partial charge in [0.2, 0.25) is 23.2 Å². The largest absolute Gasteiger partial charge is 0.285 e. The van der Waals surface area contributed by atoms with E-state index in [9.17, 15) is 9.59 Å². The lowest BCUT2D eigenvalue weighted by Crippen LogP contribution is -2.46. The third kappa shape index (κ3) is 4.52. The number of Topliss-reactive ketones (excluding diaryl/α,β-unsaturated/α-hetero) is 2. The minimum Gasteiger partial charge on any atom is -0.285 e. The summed E-state index contributed by atoms with van der Waals surface area (Å²) in [7, 11) is 0. The molecule has 6 nitrogen and oxygen atoms in total. The summed E-state index contributed by atoms with van der Waals surface area (Å²) in [6, 6.07) is 31.2. The predicted molar refractivity (Wildman–Crippen MR) is 144 cm³/mol. The summed E-state index contributed by atoms with van der Waals surface area (Å²) < 4.78 is 0. The molecule has 4 aromatic carbocycles. The van der Waals surface area contributed by atoms with E-state index in [1.165, 1.54) is 10.0 Å². The Labute approximate surface area is 217 Å². The highest BCUT2D eigenvalue weighted by Gasteiger charge is 2.35. The zero-order valence-electron chi connectivity index (χ0n) is 18.8. The first kappa shape index (κ1) is 23.5. The highest BCUT2D eigenvalue weighted by molar-refractivity contribution is 6.55. The van der Waals surface area contributed by atoms with Crippen LogP contribution in [0.25, 0.3) is 0 Å². The van der Waals surface area contributed by atoms with Gasteiger partial charge in [-0.15, -0.1) is 10.2 Å². The summed E-state index contributed by atoms with van der Waals surface area (Å²) in [6.45, 7) is 0. The average molecular weight is 513 g/mol. The van der Waals surface area contributed by atoms with E-state index in [-0.39, 0.29) is 11.7 Å². The van der Waals surface area contributed by atoms with Gasteiger partial charge in [0, 0.05) is 11.1 Å². The van der Waals surface area contributed by atoms with E-state index >= 15 is 0 Å². The van der Waals surface area contributed by atoms with Gasteiger partial charge in [0.25, 0.3) is 0 Å². The maximum absolute atomic E-state index is 13.7. The van der Waals surface area contributed by atoms with Crippen LogP contribution in [0.15, 0.2) is 119 Å². The van der Waals surface area contributed by atoms with Gasteiger partial charge in [0.15, 0.2) is 0 Å². The lowest BCUT2D eigenvalue weighted by Gasteiger charge is -2.31. The van der Waals surface area contributed by atoms with Crippen molar-refractivity contribution >= 4 is 57.8 Å². The van der Waals surface area contributed by atoms with E-state index in [0.717, 1.165) is 0 Å². The van der Waals surface area contributed by atoms with Crippen molar-refractivity contribution in [1.82, 2.24) is 0 Å². The first-order valence-corrected chi connectivity index (χ1v) is 11.8. The van der Waals surface area contributed by atoms with E-state index in [2.05, 4.69) is 10.2 Å². The predicted octanol–water partition coefficient (Wildman–Crippen LogP) is 6.71. The van der Waals surface area contributed by atoms with Crippen LogP contribution in [0.4, 0.5) is 11.4 Å². The number of halogens is 2. The third-order valence-corrected chi connectivity index (χ3v) is 6.07. The van der Waals surface area contributed by atoms with Crippen LogP contribution in [0, 0.1) is 0 Å². The fourth-order valence-corrected chi connectivity index (χ4v) is 4.10. The summed E-state index contributed by atoms with van der Waals surface area (Å²) in [6.07, 6.45) is 0. The van der Waals surface area contributed by atoms with E-state index in [0.29, 0.717) is 32.5 Å². The summed E-state index contributed by atoms with van der Waals surface area (Å²) in [5, 5.41) is 12.6. The van der Waals surface area contributed by atoms with Gasteiger partial charge in [-0.2, -0.15) is 0 Å². The molecule has 36 heavy (non-hydrogen) atoms. The molecule has 1 heterocycles. The molecular weight excluding hydrogens is 495 g/mol. The molecule has 0 unspecified atom stereocenters. The van der Waals surface area contributed by atoms with E-state index in [1.807, 2.05) is 12.1 Å². The molecule has 0 saturated heterocycles. The topological polar surface area (TPSA) is 65.3 Å². The molecule has 0 fully saturated rings. The van der Waals surface area contributed by atoms with Gasteiger partial charge in [-0.05, 0) is 24.3 Å². The van der Waals surface area contributed by atoms with Crippen LogP contribution in [-0.4, -0.2) is 23.2 Å². The standard InChI is InChI=1S/C28H18Cl2N4O2/c29-21-15-7-9-17-23(21)33-27(25(35)19-11-3-1-4-12-19)31-34(24-18-10-8-16-22(24)30)28(32-33)26(36)20-13-5-2-6-14-20/h1-18H. The van der Waals surface area contributed by atoms with Crippen LogP contribution in [0.2, 0.25) is 10.0 Å². The molecule has 8 heteroatoms. The highest BCUT2D eigenvalue weighted by Crippen LogP contribution is 2.33. The summed E-state index contributed by atoms with van der Waals surface area (Å²) in [5.41, 5.74) is 1.61. The van der Waals surface area contributed by atoms with Crippen molar-refractivity contribution in [2.75, 3.05) is 10.0 Å². The van der Waals surface area contributed by atoms with Crippen molar-refractivity contribution in [3.05, 3.63) is 130 Å². The van der Waals surface area contributed by atoms with Crippen LogP contribution >= 0.6 is 23.2 Å². The van der Waals surface area contributed by atoms with Crippen molar-refractivity contribution in [2.45, 2.75) is 0 Å². The smallest absolute Gasteiger partial charge is 0.232 e. The number of para-hydroxylation sites is 2. The molecule has 0 aromatic heterocycles. The molecule has 0 radical (unpaired) electrons. The first-order chi connectivity index (χ1) is 17.5. The fraction of sp³-hybridized carbons (Fsp3) is 0. The van der Waals surface area contributed by atoms with Gasteiger partial charge in [0.1, 0.15) is 0 Å². The Hall–Kier alpha value is -4.26. The Morgan fingerprint density at radius 2 is 0.833 bits per heavy atom. The molecule has 4 aromatic rings. The van der Waals surface area contributed by atoms with E-state index in [1.54, 1.807) is 97.1 Å². The maximum Gasteiger partial charge on any atom is 0.232 e. The molecule has 5 rings (SSSR count). The number of ketones is 2. The van der Waals surface area contributed by atoms with E-state index < -0.39 is 11.6 Å². The normalized spacial score (nSPS) is 13.2. The summed E-state index contributed by atoms with van der Waals surface area (Å²) >= 11 is 13.0. The van der Waals surface area contributed by atoms with Gasteiger partial charge in [-0.25, -0.2) is 10.0 Å². The Morgan fingerprint density at radius 1 is 0.500 bits per heavy atom. The number of hydrazone groups is 2. The second-order valence-corrected chi connectivity index (χ2v) is 8.58. The van der Waals surface area contributed by atoms with E-state index in [4.69, 9.17) is 23.2 Å². The molecule has 1 aliphatic rings. The fourth-order valence-electron chi connectivity index (χ4n) is 3.67. The first-order valence-electron chi connectivity index (χ1n) is 11.0. The van der Waals surface area contributed by atoms with Crippen molar-refractivity contribution in [2.24, 2.45) is 10.2 Å². The van der Waals surface area contributed by atoms with Crippen LogP contribution in [0.3, 0.4) is 0 Å². The van der Waals surface area contributed by atoms with Gasteiger partial charge >= 0.3 is 0 Å². The molecule has 0 bridgehead atoms. The molecule has 1 aliphatic heterocycles. The number of hydrogen-bond donors (Lipinski definition) is 0. The lowest BCUT2D eigenvalue weighted by atomic mass is 10.1. The quantitative estimate of drug-likeness (QED) is 0.269. The van der Waals surface area contributed by atoms with Gasteiger partial charge in [0.05, 0.1) is 21.4 Å². The number of benzene rings is 4. The summed E-state index contributed by atoms with van der Waals surface area (Å²) in [4.78, 5) is 27.3. The number of carbonyl (C=O) groups is 2. The number of carbonyl (C=O) groups excluding carboxylic acids is 2. The molecule has 0 N–H and O–H groups in total. The van der Waals surface area contributed by atoms with Gasteiger partial charge in [-0.1, -0.05) is 108 Å². The molecule has 0 aliphatic carbocycles. The average Bonchev–Trinajstić information content (AvgIpc) is 2.93. The Balaban J connectivity index is 1.73. The second kappa shape index (κ2) is 10.2. The minimum absolute atomic E-state index is 0.0427. The number of amidine groups is 2. The van der Waals surface area contributed by atoms with Crippen molar-refractivity contribution < 1.29 is 9.59 Å². The van der Waals surface area contributed by atoms with Crippen molar-refractivity contribution in [1.29, 1.82) is 0 Å². The maximum atomic E-state index is 13.7. The second-order valence-electron chi connectivity index (χ2n) is 7.76. The van der Waals surface area contributed by atoms with Crippen LogP contribution in [0.5, 0.6) is 0 Å². The number of anilines is 2. The Bertz CT molecular complexity index is 1390. The zero-order valence-corrected chi connectivity index (χ0v) is 20.3. The Morgan fingerprint density at radius 3 is 1.19 bits per heavy atom. The Kier molecular flexibility index (Phi) is 6.62. The monoisotopic (exact) mass is 512 g/mol. The molecular formula is C28H18Cl2N4O2. The number of hydrogen-bond acceptors (Lipinski definition) is 6. The van der Waals surface area contributed by atoms with Gasteiger partial charge < -0.3 is 0 Å². The molecule has 176 valence electrons.